The third-order valence-electron chi connectivity index (χ3n) is 2.87. The molecule has 5 nitrogen and oxygen atoms in total. The highest BCUT2D eigenvalue weighted by atomic mass is 16.3. The molecule has 0 saturated heterocycles. The molecule has 0 fully saturated rings. The van der Waals surface area contributed by atoms with Crippen LogP contribution >= 0.6 is 0 Å². The van der Waals surface area contributed by atoms with E-state index in [0.29, 0.717) is 28.3 Å². The number of anilines is 1. The van der Waals surface area contributed by atoms with Gasteiger partial charge in [-0.15, -0.1) is 0 Å². The van der Waals surface area contributed by atoms with Crippen LogP contribution in [0.1, 0.15) is 5.56 Å². The van der Waals surface area contributed by atoms with E-state index >= 15 is 0 Å². The lowest BCUT2D eigenvalue weighted by Crippen LogP contribution is -1.99. The van der Waals surface area contributed by atoms with Crippen molar-refractivity contribution < 1.29 is 4.42 Å². The summed E-state index contributed by atoms with van der Waals surface area (Å²) in [7, 11) is 0. The predicted molar refractivity (Wildman–Crippen MR) is 74.3 cm³/mol. The zero-order valence-electron chi connectivity index (χ0n) is 10.4. The van der Waals surface area contributed by atoms with Gasteiger partial charge in [0, 0.05) is 11.8 Å². The second kappa shape index (κ2) is 4.86. The lowest BCUT2D eigenvalue weighted by molar-refractivity contribution is 0.580. The Morgan fingerprint density at radius 1 is 1.20 bits per heavy atom. The van der Waals surface area contributed by atoms with Gasteiger partial charge in [0.05, 0.1) is 17.5 Å². The number of nitrogens with two attached hydrogens (primary N) is 1. The minimum absolute atomic E-state index is 0.179. The first-order valence-corrected chi connectivity index (χ1v) is 5.95. The van der Waals surface area contributed by atoms with Gasteiger partial charge in [0.1, 0.15) is 17.6 Å². The normalized spacial score (nSPS) is 10.2. The summed E-state index contributed by atoms with van der Waals surface area (Å²) in [6.07, 6.45) is 3.25. The quantitative estimate of drug-likeness (QED) is 0.767. The molecule has 3 aromatic rings. The van der Waals surface area contributed by atoms with E-state index in [4.69, 9.17) is 15.4 Å². The molecule has 3 aromatic heterocycles. The van der Waals surface area contributed by atoms with Crippen LogP contribution in [0.2, 0.25) is 0 Å². The van der Waals surface area contributed by atoms with Gasteiger partial charge in [-0.2, -0.15) is 5.26 Å². The van der Waals surface area contributed by atoms with Crippen molar-refractivity contribution in [1.82, 2.24) is 9.97 Å². The fourth-order valence-electron chi connectivity index (χ4n) is 1.94. The molecule has 2 N–H and O–H groups in total. The van der Waals surface area contributed by atoms with E-state index in [9.17, 15) is 0 Å². The summed E-state index contributed by atoms with van der Waals surface area (Å²) in [5, 5.41) is 9.10. The summed E-state index contributed by atoms with van der Waals surface area (Å²) in [6, 6.07) is 12.8. The maximum Gasteiger partial charge on any atom is 0.153 e. The molecule has 0 aromatic carbocycles. The Kier molecular flexibility index (Phi) is 2.90. The molecule has 20 heavy (non-hydrogen) atoms. The predicted octanol–water partition coefficient (Wildman–Crippen LogP) is 2.86. The van der Waals surface area contributed by atoms with E-state index in [-0.39, 0.29) is 5.82 Å². The third-order valence-corrected chi connectivity index (χ3v) is 2.87. The lowest BCUT2D eigenvalue weighted by atomic mass is 10.0. The van der Waals surface area contributed by atoms with Gasteiger partial charge >= 0.3 is 0 Å². The number of nitrogens with zero attached hydrogens (tertiary/aromatic N) is 3. The van der Waals surface area contributed by atoms with Gasteiger partial charge in [-0.05, 0) is 30.3 Å². The maximum atomic E-state index is 9.10. The number of aromatic nitrogens is 2. The van der Waals surface area contributed by atoms with Crippen LogP contribution in [0.5, 0.6) is 0 Å². The van der Waals surface area contributed by atoms with Crippen molar-refractivity contribution >= 4 is 5.82 Å². The van der Waals surface area contributed by atoms with Crippen molar-refractivity contribution in [3.63, 3.8) is 0 Å². The van der Waals surface area contributed by atoms with Crippen molar-refractivity contribution in [3.05, 3.63) is 54.4 Å². The van der Waals surface area contributed by atoms with Gasteiger partial charge in [-0.25, -0.2) is 4.98 Å². The van der Waals surface area contributed by atoms with E-state index in [1.165, 1.54) is 0 Å². The van der Waals surface area contributed by atoms with Crippen molar-refractivity contribution in [2.75, 3.05) is 5.73 Å². The molecule has 0 bridgehead atoms. The zero-order valence-corrected chi connectivity index (χ0v) is 10.4. The van der Waals surface area contributed by atoms with Gasteiger partial charge in [0.2, 0.25) is 0 Å². The third kappa shape index (κ3) is 1.99. The van der Waals surface area contributed by atoms with Gasteiger partial charge < -0.3 is 10.2 Å². The van der Waals surface area contributed by atoms with Crippen LogP contribution in [-0.2, 0) is 0 Å². The molecule has 0 saturated carbocycles. The number of hydrogen-bond donors (Lipinski definition) is 1. The number of hydrogen-bond acceptors (Lipinski definition) is 5. The van der Waals surface area contributed by atoms with Gasteiger partial charge in [-0.1, -0.05) is 6.07 Å². The first-order valence-electron chi connectivity index (χ1n) is 5.95. The Hall–Kier alpha value is -3.13. The Morgan fingerprint density at radius 2 is 2.10 bits per heavy atom. The second-order valence-corrected chi connectivity index (χ2v) is 4.12. The van der Waals surface area contributed by atoms with Crippen LogP contribution in [0.25, 0.3) is 22.7 Å². The maximum absolute atomic E-state index is 9.10. The Morgan fingerprint density at radius 3 is 2.75 bits per heavy atom. The summed E-state index contributed by atoms with van der Waals surface area (Å²) >= 11 is 0. The first-order chi connectivity index (χ1) is 9.79. The number of nitrogen functional groups attached to an aromatic ring is 1. The molecule has 3 rings (SSSR count). The molecule has 0 spiro atoms. The number of pyridine rings is 2. The number of nitriles is 1. The molecule has 0 radical (unpaired) electrons. The molecule has 3 heterocycles. The topological polar surface area (TPSA) is 88.7 Å². The van der Waals surface area contributed by atoms with Gasteiger partial charge in [-0.3, -0.25) is 4.98 Å². The fraction of sp³-hybridized carbons (Fsp3) is 0. The number of rotatable bonds is 2. The monoisotopic (exact) mass is 262 g/mol. The average molecular weight is 262 g/mol. The standard InChI is InChI=1S/C15H10N4O/c16-9-10-8-11(12-4-1-2-6-18-12)14(19-15(10)17)13-5-3-7-20-13/h1-8H,(H2,17,19). The van der Waals surface area contributed by atoms with E-state index in [2.05, 4.69) is 9.97 Å². The Balaban J connectivity index is 2.29. The van der Waals surface area contributed by atoms with Crippen LogP contribution in [0, 0.1) is 11.3 Å². The molecule has 96 valence electrons. The van der Waals surface area contributed by atoms with Crippen molar-refractivity contribution in [2.45, 2.75) is 0 Å². The summed E-state index contributed by atoms with van der Waals surface area (Å²) in [6.45, 7) is 0. The summed E-state index contributed by atoms with van der Waals surface area (Å²) in [4.78, 5) is 8.58. The van der Waals surface area contributed by atoms with Crippen LogP contribution in [-0.4, -0.2) is 9.97 Å². The van der Waals surface area contributed by atoms with Crippen LogP contribution in [0.4, 0.5) is 5.82 Å². The highest BCUT2D eigenvalue weighted by Gasteiger charge is 2.15. The Labute approximate surface area is 115 Å². The van der Waals surface area contributed by atoms with Crippen LogP contribution in [0.3, 0.4) is 0 Å². The van der Waals surface area contributed by atoms with Crippen LogP contribution in [0.15, 0.2) is 53.3 Å². The molecular weight excluding hydrogens is 252 g/mol. The summed E-state index contributed by atoms with van der Waals surface area (Å²) in [5.41, 5.74) is 8.11. The number of furan rings is 1. The summed E-state index contributed by atoms with van der Waals surface area (Å²) in [5.74, 6) is 0.764. The summed E-state index contributed by atoms with van der Waals surface area (Å²) < 4.78 is 5.38. The molecule has 0 atom stereocenters. The Bertz CT molecular complexity index is 774. The first kappa shape index (κ1) is 11.9. The second-order valence-electron chi connectivity index (χ2n) is 4.12. The SMILES string of the molecule is N#Cc1cc(-c2ccccn2)c(-c2ccco2)nc1N. The van der Waals surface area contributed by atoms with Crippen molar-refractivity contribution in [2.24, 2.45) is 0 Å². The molecule has 0 aliphatic heterocycles. The minimum atomic E-state index is 0.179. The molecule has 0 aliphatic carbocycles. The van der Waals surface area contributed by atoms with E-state index in [0.717, 1.165) is 0 Å². The van der Waals surface area contributed by atoms with Crippen LogP contribution < -0.4 is 5.73 Å². The molecule has 0 amide bonds. The fourth-order valence-corrected chi connectivity index (χ4v) is 1.94. The van der Waals surface area contributed by atoms with Gasteiger partial charge in [0.15, 0.2) is 5.76 Å². The lowest BCUT2D eigenvalue weighted by Gasteiger charge is -2.08. The van der Waals surface area contributed by atoms with Crippen molar-refractivity contribution in [1.29, 1.82) is 5.26 Å². The zero-order chi connectivity index (χ0) is 13.9. The molecule has 0 unspecified atom stereocenters. The highest BCUT2D eigenvalue weighted by Crippen LogP contribution is 2.31. The van der Waals surface area contributed by atoms with E-state index in [1.807, 2.05) is 24.3 Å². The highest BCUT2D eigenvalue weighted by molar-refractivity contribution is 5.79. The molecular formula is C15H10N4O. The molecule has 5 heteroatoms. The van der Waals surface area contributed by atoms with Gasteiger partial charge in [0.25, 0.3) is 0 Å². The van der Waals surface area contributed by atoms with E-state index in [1.54, 1.807) is 30.7 Å². The minimum Gasteiger partial charge on any atom is -0.463 e. The van der Waals surface area contributed by atoms with E-state index < -0.39 is 0 Å². The largest absolute Gasteiger partial charge is 0.463 e. The smallest absolute Gasteiger partial charge is 0.153 e. The molecule has 0 aliphatic rings. The van der Waals surface area contributed by atoms with Crippen molar-refractivity contribution in [3.8, 4) is 28.8 Å². The average Bonchev–Trinajstić information content (AvgIpc) is 3.02.